The maximum absolute atomic E-state index is 6.21. The van der Waals surface area contributed by atoms with Gasteiger partial charge in [0.2, 0.25) is 0 Å². The smallest absolute Gasteiger partial charge is 0.0333 e. The highest BCUT2D eigenvalue weighted by atomic mass is 15.3. The Bertz CT molecular complexity index is 304. The summed E-state index contributed by atoms with van der Waals surface area (Å²) in [4.78, 5) is 5.44. The molecule has 3 fully saturated rings. The first-order valence-electron chi connectivity index (χ1n) is 8.24. The zero-order valence-corrected chi connectivity index (χ0v) is 12.8. The molecule has 0 radical (unpaired) electrons. The molecule has 19 heavy (non-hydrogen) atoms. The summed E-state index contributed by atoms with van der Waals surface area (Å²) in [5.74, 6) is 0. The second-order valence-electron chi connectivity index (χ2n) is 7.85. The number of piperazine rings is 1. The third-order valence-electron chi connectivity index (χ3n) is 5.96. The Labute approximate surface area is 118 Å². The van der Waals surface area contributed by atoms with Crippen LogP contribution in [0.1, 0.15) is 52.4 Å². The molecule has 0 aromatic heterocycles. The zero-order chi connectivity index (χ0) is 13.5. The van der Waals surface area contributed by atoms with E-state index in [-0.39, 0.29) is 0 Å². The maximum atomic E-state index is 6.21. The highest BCUT2D eigenvalue weighted by Gasteiger charge is 2.43. The van der Waals surface area contributed by atoms with E-state index in [1.54, 1.807) is 0 Å². The lowest BCUT2D eigenvalue weighted by Crippen LogP contribution is -2.62. The Morgan fingerprint density at radius 3 is 2.00 bits per heavy atom. The molecule has 110 valence electrons. The standard InChI is InChI=1S/C16H31N3/c1-15(2)5-7-16(13-17,8-6-15)19-11-9-18(10-12-19)14-3-4-14/h14H,3-13,17H2,1-2H3. The molecule has 2 aliphatic carbocycles. The number of rotatable bonds is 3. The topological polar surface area (TPSA) is 32.5 Å². The van der Waals surface area contributed by atoms with Crippen molar-refractivity contribution in [3.05, 3.63) is 0 Å². The van der Waals surface area contributed by atoms with Gasteiger partial charge in [0.05, 0.1) is 0 Å². The van der Waals surface area contributed by atoms with E-state index in [0.717, 1.165) is 12.6 Å². The monoisotopic (exact) mass is 265 g/mol. The van der Waals surface area contributed by atoms with E-state index >= 15 is 0 Å². The fraction of sp³-hybridized carbons (Fsp3) is 1.00. The van der Waals surface area contributed by atoms with Crippen LogP contribution in [0.2, 0.25) is 0 Å². The minimum absolute atomic E-state index is 0.325. The van der Waals surface area contributed by atoms with Crippen molar-refractivity contribution in [3.63, 3.8) is 0 Å². The summed E-state index contributed by atoms with van der Waals surface area (Å²) in [5.41, 5.74) is 7.07. The van der Waals surface area contributed by atoms with E-state index in [4.69, 9.17) is 5.73 Å². The second-order valence-corrected chi connectivity index (χ2v) is 7.85. The Morgan fingerprint density at radius 1 is 0.947 bits per heavy atom. The van der Waals surface area contributed by atoms with Crippen molar-refractivity contribution < 1.29 is 0 Å². The van der Waals surface area contributed by atoms with E-state index in [0.29, 0.717) is 11.0 Å². The molecule has 0 aromatic carbocycles. The average Bonchev–Trinajstić information content (AvgIpc) is 3.24. The fourth-order valence-electron chi connectivity index (χ4n) is 4.04. The van der Waals surface area contributed by atoms with Gasteiger partial charge in [-0.1, -0.05) is 13.8 Å². The molecule has 3 heteroatoms. The summed E-state index contributed by atoms with van der Waals surface area (Å²) in [5, 5.41) is 0. The molecule has 3 nitrogen and oxygen atoms in total. The van der Waals surface area contributed by atoms with Crippen molar-refractivity contribution in [3.8, 4) is 0 Å². The molecule has 0 bridgehead atoms. The van der Waals surface area contributed by atoms with Gasteiger partial charge in [-0.2, -0.15) is 0 Å². The largest absolute Gasteiger partial charge is 0.329 e. The first-order chi connectivity index (χ1) is 9.05. The first-order valence-corrected chi connectivity index (χ1v) is 8.24. The summed E-state index contributed by atoms with van der Waals surface area (Å²) >= 11 is 0. The number of nitrogens with two attached hydrogens (primary N) is 1. The van der Waals surface area contributed by atoms with Gasteiger partial charge < -0.3 is 5.73 Å². The third-order valence-corrected chi connectivity index (χ3v) is 5.96. The predicted molar refractivity (Wildman–Crippen MR) is 80.2 cm³/mol. The van der Waals surface area contributed by atoms with Gasteiger partial charge in [-0.3, -0.25) is 9.80 Å². The highest BCUT2D eigenvalue weighted by molar-refractivity contribution is 5.00. The summed E-state index contributed by atoms with van der Waals surface area (Å²) in [6.07, 6.45) is 8.17. The molecule has 2 saturated carbocycles. The molecule has 0 aromatic rings. The Kier molecular flexibility index (Phi) is 3.65. The number of hydrogen-bond acceptors (Lipinski definition) is 3. The van der Waals surface area contributed by atoms with E-state index in [1.165, 1.54) is 64.7 Å². The highest BCUT2D eigenvalue weighted by Crippen LogP contribution is 2.43. The Hall–Kier alpha value is -0.120. The normalized spacial score (nSPS) is 32.4. The molecule has 0 spiro atoms. The van der Waals surface area contributed by atoms with Crippen LogP contribution in [-0.4, -0.2) is 54.1 Å². The summed E-state index contributed by atoms with van der Waals surface area (Å²) < 4.78 is 0. The van der Waals surface area contributed by atoms with Gasteiger partial charge in [-0.25, -0.2) is 0 Å². The Morgan fingerprint density at radius 2 is 1.53 bits per heavy atom. The van der Waals surface area contributed by atoms with Crippen molar-refractivity contribution >= 4 is 0 Å². The van der Waals surface area contributed by atoms with Crippen molar-refractivity contribution in [2.24, 2.45) is 11.1 Å². The molecular formula is C16H31N3. The molecule has 0 atom stereocenters. The van der Waals surface area contributed by atoms with Crippen LogP contribution >= 0.6 is 0 Å². The van der Waals surface area contributed by atoms with Gasteiger partial charge >= 0.3 is 0 Å². The van der Waals surface area contributed by atoms with Gasteiger partial charge in [0.25, 0.3) is 0 Å². The van der Waals surface area contributed by atoms with Crippen molar-refractivity contribution in [2.75, 3.05) is 32.7 Å². The van der Waals surface area contributed by atoms with Crippen LogP contribution in [0.5, 0.6) is 0 Å². The Balaban J connectivity index is 1.60. The van der Waals surface area contributed by atoms with Gasteiger partial charge in [0, 0.05) is 44.3 Å². The summed E-state index contributed by atoms with van der Waals surface area (Å²) in [6.45, 7) is 10.7. The van der Waals surface area contributed by atoms with Gasteiger partial charge in [0.1, 0.15) is 0 Å². The van der Waals surface area contributed by atoms with Gasteiger partial charge in [-0.05, 0) is 43.9 Å². The van der Waals surface area contributed by atoms with E-state index in [2.05, 4.69) is 23.6 Å². The predicted octanol–water partition coefficient (Wildman–Crippen LogP) is 2.06. The molecular weight excluding hydrogens is 234 g/mol. The van der Waals surface area contributed by atoms with Crippen LogP contribution in [-0.2, 0) is 0 Å². The summed E-state index contributed by atoms with van der Waals surface area (Å²) in [6, 6.07) is 0.932. The number of nitrogens with zero attached hydrogens (tertiary/aromatic N) is 2. The van der Waals surface area contributed by atoms with Crippen molar-refractivity contribution in [1.29, 1.82) is 0 Å². The van der Waals surface area contributed by atoms with E-state index in [9.17, 15) is 0 Å². The quantitative estimate of drug-likeness (QED) is 0.848. The lowest BCUT2D eigenvalue weighted by Gasteiger charge is -2.52. The molecule has 1 heterocycles. The maximum Gasteiger partial charge on any atom is 0.0333 e. The van der Waals surface area contributed by atoms with Crippen LogP contribution < -0.4 is 5.73 Å². The SMILES string of the molecule is CC1(C)CCC(CN)(N2CCN(C3CC3)CC2)CC1. The zero-order valence-electron chi connectivity index (χ0n) is 12.8. The fourth-order valence-corrected chi connectivity index (χ4v) is 4.04. The van der Waals surface area contributed by atoms with Crippen LogP contribution in [0.3, 0.4) is 0 Å². The lowest BCUT2D eigenvalue weighted by molar-refractivity contribution is -0.0104. The average molecular weight is 265 g/mol. The van der Waals surface area contributed by atoms with Gasteiger partial charge in [-0.15, -0.1) is 0 Å². The molecule has 3 aliphatic rings. The van der Waals surface area contributed by atoms with Crippen LogP contribution in [0.25, 0.3) is 0 Å². The molecule has 1 aliphatic heterocycles. The van der Waals surface area contributed by atoms with Gasteiger partial charge in [0.15, 0.2) is 0 Å². The first kappa shape index (κ1) is 13.8. The second kappa shape index (κ2) is 5.01. The van der Waals surface area contributed by atoms with Crippen LogP contribution in [0.15, 0.2) is 0 Å². The van der Waals surface area contributed by atoms with Crippen LogP contribution in [0, 0.1) is 5.41 Å². The van der Waals surface area contributed by atoms with E-state index < -0.39 is 0 Å². The van der Waals surface area contributed by atoms with Crippen molar-refractivity contribution in [2.45, 2.75) is 64.0 Å². The summed E-state index contributed by atoms with van der Waals surface area (Å²) in [7, 11) is 0. The molecule has 2 N–H and O–H groups in total. The minimum Gasteiger partial charge on any atom is -0.329 e. The minimum atomic E-state index is 0.325. The lowest BCUT2D eigenvalue weighted by atomic mass is 9.68. The van der Waals surface area contributed by atoms with E-state index in [1.807, 2.05) is 0 Å². The molecule has 1 saturated heterocycles. The van der Waals surface area contributed by atoms with Crippen LogP contribution in [0.4, 0.5) is 0 Å². The molecule has 0 amide bonds. The van der Waals surface area contributed by atoms with Crippen molar-refractivity contribution in [1.82, 2.24) is 9.80 Å². The molecule has 3 rings (SSSR count). The third kappa shape index (κ3) is 2.84. The molecule has 0 unspecified atom stereocenters. The number of hydrogen-bond donors (Lipinski definition) is 1.